The Bertz CT molecular complexity index is 592. The van der Waals surface area contributed by atoms with Gasteiger partial charge in [0, 0.05) is 18.7 Å². The smallest absolute Gasteiger partial charge is 0.200 e. The minimum Gasteiger partial charge on any atom is -0.397 e. The van der Waals surface area contributed by atoms with Crippen LogP contribution in [0.5, 0.6) is 0 Å². The molecule has 0 atom stereocenters. The summed E-state index contributed by atoms with van der Waals surface area (Å²) in [5.41, 5.74) is 17.1. The molecule has 0 unspecified atom stereocenters. The topological polar surface area (TPSA) is 84.4 Å². The van der Waals surface area contributed by atoms with Gasteiger partial charge < -0.3 is 11.5 Å². The first-order valence-corrected chi connectivity index (χ1v) is 6.99. The summed E-state index contributed by atoms with van der Waals surface area (Å²) < 4.78 is 1.92. The number of hydrogen-bond acceptors (Lipinski definition) is 6. The van der Waals surface area contributed by atoms with E-state index in [0.717, 1.165) is 10.5 Å². The van der Waals surface area contributed by atoms with Crippen LogP contribution in [0.15, 0.2) is 41.3 Å². The van der Waals surface area contributed by atoms with Crippen molar-refractivity contribution in [3.63, 3.8) is 0 Å². The van der Waals surface area contributed by atoms with Crippen LogP contribution in [0.1, 0.15) is 17.3 Å². The van der Waals surface area contributed by atoms with E-state index in [9.17, 15) is 4.79 Å². The lowest BCUT2D eigenvalue weighted by Crippen LogP contribution is -2.30. The van der Waals surface area contributed by atoms with Crippen molar-refractivity contribution in [3.05, 3.63) is 46.9 Å². The van der Waals surface area contributed by atoms with Crippen molar-refractivity contribution in [1.82, 2.24) is 9.84 Å². The fourth-order valence-corrected chi connectivity index (χ4v) is 2.88. The van der Waals surface area contributed by atoms with Crippen molar-refractivity contribution in [1.29, 1.82) is 0 Å². The Hall–Kier alpha value is -1.18. The monoisotopic (exact) mass is 362 g/mol. The van der Waals surface area contributed by atoms with Crippen LogP contribution >= 0.6 is 36.8 Å². The summed E-state index contributed by atoms with van der Waals surface area (Å²) in [6.07, 6.45) is 1.77. The number of carbonyl (C=O) groups is 1. The number of nitrogen functional groups attached to an aromatic ring is 2. The van der Waals surface area contributed by atoms with Crippen molar-refractivity contribution in [2.75, 3.05) is 24.6 Å². The van der Waals surface area contributed by atoms with E-state index in [1.165, 1.54) is 11.9 Å². The zero-order valence-electron chi connectivity index (χ0n) is 12.2. The summed E-state index contributed by atoms with van der Waals surface area (Å²) in [5, 5.41) is 0. The third-order valence-electron chi connectivity index (χ3n) is 2.94. The fourth-order valence-electron chi connectivity index (χ4n) is 1.84. The Labute approximate surface area is 147 Å². The molecule has 0 radical (unpaired) electrons. The van der Waals surface area contributed by atoms with Gasteiger partial charge in [0.2, 0.25) is 5.78 Å². The summed E-state index contributed by atoms with van der Waals surface area (Å²) in [6.45, 7) is 6.97. The molecule has 8 heteroatoms. The lowest BCUT2D eigenvalue weighted by molar-refractivity contribution is 0.104. The van der Waals surface area contributed by atoms with Gasteiger partial charge in [0.15, 0.2) is 0 Å². The van der Waals surface area contributed by atoms with Gasteiger partial charge in [0.25, 0.3) is 0 Å². The van der Waals surface area contributed by atoms with Crippen LogP contribution in [0.2, 0.25) is 0 Å². The van der Waals surface area contributed by atoms with Gasteiger partial charge in [-0.1, -0.05) is 6.08 Å². The van der Waals surface area contributed by atoms with Crippen LogP contribution in [0, 0.1) is 0 Å². The summed E-state index contributed by atoms with van der Waals surface area (Å²) >= 11 is 1.40. The molecule has 1 aromatic rings. The van der Waals surface area contributed by atoms with E-state index in [0.29, 0.717) is 30.0 Å². The molecule has 0 aliphatic carbocycles. The second-order valence-electron chi connectivity index (χ2n) is 4.56. The Morgan fingerprint density at radius 1 is 1.41 bits per heavy atom. The van der Waals surface area contributed by atoms with Crippen LogP contribution in [0.3, 0.4) is 0 Å². The largest absolute Gasteiger partial charge is 0.397 e. The Kier molecular flexibility index (Phi) is 8.58. The molecule has 0 fully saturated rings. The maximum atomic E-state index is 12.5. The molecule has 0 saturated carbocycles. The summed E-state index contributed by atoms with van der Waals surface area (Å²) in [5.74, 6) is -0.0258. The molecular weight excluding hydrogens is 343 g/mol. The van der Waals surface area contributed by atoms with Crippen LogP contribution in [-0.2, 0) is 0 Å². The molecule has 0 amide bonds. The number of carbonyl (C=O) groups excluding carboxylic acids is 1. The zero-order chi connectivity index (χ0) is 14.7. The van der Waals surface area contributed by atoms with E-state index in [2.05, 4.69) is 12.0 Å². The van der Waals surface area contributed by atoms with E-state index < -0.39 is 0 Å². The van der Waals surface area contributed by atoms with E-state index >= 15 is 0 Å². The molecule has 0 aromatic heterocycles. The summed E-state index contributed by atoms with van der Waals surface area (Å²) in [4.78, 5) is 13.2. The maximum Gasteiger partial charge on any atom is 0.200 e. The standard InChI is InChI=1S/C14H18N4OS.2ClH/c1-3-6-17-18-8-9(2)14(20-18)13(19)10-4-5-11(15)12(16)7-10;;/h3-5,7,17H,1,6,8,15-16H2,2H3;2*1H. The lowest BCUT2D eigenvalue weighted by atomic mass is 10.1. The number of halogens is 2. The molecule has 1 aliphatic heterocycles. The highest BCUT2D eigenvalue weighted by molar-refractivity contribution is 8.02. The van der Waals surface area contributed by atoms with Crippen molar-refractivity contribution in [2.45, 2.75) is 6.92 Å². The maximum absolute atomic E-state index is 12.5. The minimum absolute atomic E-state index is 0. The van der Waals surface area contributed by atoms with E-state index in [1.807, 2.05) is 11.3 Å². The molecule has 1 aromatic carbocycles. The van der Waals surface area contributed by atoms with Crippen molar-refractivity contribution in [3.8, 4) is 0 Å². The van der Waals surface area contributed by atoms with Gasteiger partial charge in [0.05, 0.1) is 16.3 Å². The van der Waals surface area contributed by atoms with Gasteiger partial charge in [-0.25, -0.2) is 5.43 Å². The van der Waals surface area contributed by atoms with E-state index in [1.54, 1.807) is 24.3 Å². The highest BCUT2D eigenvalue weighted by Crippen LogP contribution is 2.34. The quantitative estimate of drug-likeness (QED) is 0.323. The minimum atomic E-state index is -0.0258. The fraction of sp³-hybridized carbons (Fsp3) is 0.214. The van der Waals surface area contributed by atoms with Gasteiger partial charge in [-0.15, -0.1) is 31.4 Å². The van der Waals surface area contributed by atoms with Crippen molar-refractivity contribution in [2.24, 2.45) is 0 Å². The Balaban J connectivity index is 0.00000220. The number of ketones is 1. The molecule has 5 nitrogen and oxygen atoms in total. The normalized spacial score (nSPS) is 14.2. The number of anilines is 2. The molecule has 0 spiro atoms. The molecule has 1 heterocycles. The van der Waals surface area contributed by atoms with Crippen molar-refractivity contribution >= 4 is 53.9 Å². The average molecular weight is 363 g/mol. The van der Waals surface area contributed by atoms with Crippen LogP contribution in [-0.4, -0.2) is 23.3 Å². The molecule has 0 bridgehead atoms. The second-order valence-corrected chi connectivity index (χ2v) is 5.59. The average Bonchev–Trinajstić information content (AvgIpc) is 2.80. The van der Waals surface area contributed by atoms with Crippen molar-refractivity contribution < 1.29 is 4.79 Å². The number of hydrazine groups is 1. The third-order valence-corrected chi connectivity index (χ3v) is 4.13. The number of nitrogens with two attached hydrogens (primary N) is 2. The zero-order valence-corrected chi connectivity index (χ0v) is 14.6. The number of hydrogen-bond donors (Lipinski definition) is 3. The number of benzene rings is 1. The summed E-state index contributed by atoms with van der Waals surface area (Å²) in [6, 6.07) is 4.98. The van der Waals surface area contributed by atoms with Crippen LogP contribution in [0.25, 0.3) is 0 Å². The molecule has 2 rings (SSSR count). The predicted molar refractivity (Wildman–Crippen MR) is 99.3 cm³/mol. The number of allylic oxidation sites excluding steroid dienone is 1. The lowest BCUT2D eigenvalue weighted by Gasteiger charge is -2.14. The first-order valence-electron chi connectivity index (χ1n) is 6.22. The van der Waals surface area contributed by atoms with E-state index in [-0.39, 0.29) is 30.6 Å². The van der Waals surface area contributed by atoms with Gasteiger partial charge in [-0.2, -0.15) is 4.41 Å². The van der Waals surface area contributed by atoms with E-state index in [4.69, 9.17) is 11.5 Å². The number of rotatable bonds is 5. The molecule has 5 N–H and O–H groups in total. The molecule has 122 valence electrons. The summed E-state index contributed by atoms with van der Waals surface area (Å²) in [7, 11) is 0. The Morgan fingerprint density at radius 3 is 2.68 bits per heavy atom. The number of nitrogens with one attached hydrogen (secondary N) is 1. The first-order chi connectivity index (χ1) is 9.52. The highest BCUT2D eigenvalue weighted by Gasteiger charge is 2.26. The van der Waals surface area contributed by atoms with Gasteiger partial charge in [-0.3, -0.25) is 4.79 Å². The van der Waals surface area contributed by atoms with Gasteiger partial charge >= 0.3 is 0 Å². The first kappa shape index (κ1) is 20.8. The SMILES string of the molecule is C=CCNN1CC(C)=C(C(=O)c2ccc(N)c(N)c2)S1.Cl.Cl. The molecule has 1 aliphatic rings. The van der Waals surface area contributed by atoms with Crippen LogP contribution in [0.4, 0.5) is 11.4 Å². The molecular formula is C14H20Cl2N4OS. The number of Topliss-reactive ketones (excluding diaryl/α,β-unsaturated/α-hetero) is 1. The Morgan fingerprint density at radius 2 is 2.09 bits per heavy atom. The van der Waals surface area contributed by atoms with Gasteiger partial charge in [0.1, 0.15) is 0 Å². The third kappa shape index (κ3) is 4.66. The predicted octanol–water partition coefficient (Wildman–Crippen LogP) is 2.81. The number of nitrogens with zero attached hydrogens (tertiary/aromatic N) is 1. The van der Waals surface area contributed by atoms with Crippen LogP contribution < -0.4 is 16.9 Å². The molecule has 0 saturated heterocycles. The van der Waals surface area contributed by atoms with Gasteiger partial charge in [-0.05, 0) is 42.6 Å². The highest BCUT2D eigenvalue weighted by atomic mass is 35.5. The molecule has 22 heavy (non-hydrogen) atoms. The second kappa shape index (κ2) is 9.07.